The van der Waals surface area contributed by atoms with E-state index in [-0.39, 0.29) is 25.0 Å². The number of alkyl halides is 6. The largest absolute Gasteiger partial charge is 0.433 e. The van der Waals surface area contributed by atoms with Crippen LogP contribution in [-0.4, -0.2) is 60.9 Å². The molecule has 0 bridgehead atoms. The van der Waals surface area contributed by atoms with Gasteiger partial charge in [0.1, 0.15) is 0 Å². The number of likely N-dealkylation sites (tertiary alicyclic amines) is 1. The van der Waals surface area contributed by atoms with Crippen LogP contribution in [0.1, 0.15) is 30.9 Å². The molecule has 2 heterocycles. The molecule has 2 fully saturated rings. The van der Waals surface area contributed by atoms with Crippen LogP contribution in [0.4, 0.5) is 32.0 Å². The quantitative estimate of drug-likeness (QED) is 0.676. The number of nitrogens with one attached hydrogen (secondary N) is 1. The van der Waals surface area contributed by atoms with Crippen molar-refractivity contribution >= 4 is 17.5 Å². The van der Waals surface area contributed by atoms with Crippen molar-refractivity contribution in [3.63, 3.8) is 0 Å². The van der Waals surface area contributed by atoms with Crippen LogP contribution in [0.3, 0.4) is 0 Å². The highest BCUT2D eigenvalue weighted by atomic mass is 19.4. The number of carbonyl (C=O) groups excluding carboxylic acids is 2. The van der Waals surface area contributed by atoms with Crippen molar-refractivity contribution in [1.29, 1.82) is 5.26 Å². The Morgan fingerprint density at radius 2 is 1.79 bits per heavy atom. The van der Waals surface area contributed by atoms with Gasteiger partial charge in [-0.25, -0.2) is 0 Å². The third-order valence-electron chi connectivity index (χ3n) is 5.47. The topological polar surface area (TPSA) is 85.7 Å². The van der Waals surface area contributed by atoms with Gasteiger partial charge in [0.15, 0.2) is 6.10 Å². The normalized spacial score (nSPS) is 22.2. The summed E-state index contributed by atoms with van der Waals surface area (Å²) in [6.45, 7) is 1.12. The number of nitriles is 1. The van der Waals surface area contributed by atoms with Gasteiger partial charge in [0.2, 0.25) is 12.1 Å². The molecule has 1 aromatic rings. The Bertz CT molecular complexity index is 951. The molecule has 13 heteroatoms. The first-order valence-corrected chi connectivity index (χ1v) is 9.97. The summed E-state index contributed by atoms with van der Waals surface area (Å²) in [4.78, 5) is 25.8. The highest BCUT2D eigenvalue weighted by molar-refractivity contribution is 5.82. The molecule has 33 heavy (non-hydrogen) atoms. The maximum absolute atomic E-state index is 13.6. The minimum absolute atomic E-state index is 0.157. The van der Waals surface area contributed by atoms with E-state index < -0.39 is 54.0 Å². The second-order valence-corrected chi connectivity index (χ2v) is 7.81. The average molecular weight is 478 g/mol. The molecule has 1 aromatic carbocycles. The monoisotopic (exact) mass is 478 g/mol. The van der Waals surface area contributed by atoms with Gasteiger partial charge in [-0.05, 0) is 31.0 Å². The Kier molecular flexibility index (Phi) is 6.78. The molecule has 0 radical (unpaired) electrons. The van der Waals surface area contributed by atoms with E-state index in [4.69, 9.17) is 10.00 Å². The smallest absolute Gasteiger partial charge is 0.353 e. The van der Waals surface area contributed by atoms with Crippen LogP contribution in [0.5, 0.6) is 0 Å². The van der Waals surface area contributed by atoms with E-state index in [1.54, 1.807) is 0 Å². The molecule has 2 aliphatic rings. The lowest BCUT2D eigenvalue weighted by Crippen LogP contribution is -2.49. The van der Waals surface area contributed by atoms with Crippen LogP contribution in [-0.2, 0) is 20.5 Å². The molecule has 3 rings (SSSR count). The first kappa shape index (κ1) is 24.6. The summed E-state index contributed by atoms with van der Waals surface area (Å²) in [6.07, 6.45) is -13.3. The molecule has 2 aliphatic heterocycles. The highest BCUT2D eigenvalue weighted by Crippen LogP contribution is 2.39. The lowest BCUT2D eigenvalue weighted by atomic mass is 10.0. The third kappa shape index (κ3) is 5.50. The maximum Gasteiger partial charge on any atom is 0.433 e. The van der Waals surface area contributed by atoms with E-state index in [0.717, 1.165) is 12.1 Å². The zero-order valence-corrected chi connectivity index (χ0v) is 17.3. The van der Waals surface area contributed by atoms with E-state index in [9.17, 15) is 35.9 Å². The number of hydrogen-bond donors (Lipinski definition) is 1. The number of rotatable bonds is 3. The molecular formula is C20H20F6N4O3. The van der Waals surface area contributed by atoms with E-state index in [1.165, 1.54) is 17.9 Å². The van der Waals surface area contributed by atoms with Gasteiger partial charge in [-0.15, -0.1) is 0 Å². The molecule has 0 unspecified atom stereocenters. The van der Waals surface area contributed by atoms with Crippen molar-refractivity contribution in [2.24, 2.45) is 0 Å². The lowest BCUT2D eigenvalue weighted by molar-refractivity contribution is -0.215. The van der Waals surface area contributed by atoms with Gasteiger partial charge in [-0.2, -0.15) is 31.6 Å². The number of anilines is 1. The van der Waals surface area contributed by atoms with Gasteiger partial charge in [0.05, 0.1) is 23.7 Å². The maximum atomic E-state index is 13.6. The Balaban J connectivity index is 1.81. The number of carbonyl (C=O) groups is 2. The summed E-state index contributed by atoms with van der Waals surface area (Å²) in [5.74, 6) is -0.944. The summed E-state index contributed by atoms with van der Waals surface area (Å²) < 4.78 is 85.7. The standard InChI is InChI=1S/C20H20F6N4O3/c1-11(31)28-13-4-6-29(7-5-13)17(32)16-10-30(18(33-16)20(24,25)26)14-3-2-12(9-27)15(8-14)19(21,22)23/h2-3,8,13,16,18H,4-7,10H2,1H3,(H,28,31)/t16-,18+/m0/s1. The number of benzene rings is 1. The number of piperidine rings is 1. The molecule has 0 aromatic heterocycles. The summed E-state index contributed by atoms with van der Waals surface area (Å²) in [5, 5.41) is 11.6. The Labute approximate surface area is 184 Å². The zero-order chi connectivity index (χ0) is 24.6. The highest BCUT2D eigenvalue weighted by Gasteiger charge is 2.53. The van der Waals surface area contributed by atoms with E-state index in [2.05, 4.69) is 5.32 Å². The number of ether oxygens (including phenoxy) is 1. The summed E-state index contributed by atoms with van der Waals surface area (Å²) in [7, 11) is 0. The molecule has 0 spiro atoms. The molecule has 7 nitrogen and oxygen atoms in total. The predicted octanol–water partition coefficient (Wildman–Crippen LogP) is 2.80. The van der Waals surface area contributed by atoms with Crippen molar-refractivity contribution in [2.75, 3.05) is 24.5 Å². The van der Waals surface area contributed by atoms with E-state index >= 15 is 0 Å². The minimum Gasteiger partial charge on any atom is -0.353 e. The predicted molar refractivity (Wildman–Crippen MR) is 102 cm³/mol. The number of nitrogens with zero attached hydrogens (tertiary/aromatic N) is 3. The Morgan fingerprint density at radius 3 is 2.30 bits per heavy atom. The molecule has 2 saturated heterocycles. The first-order valence-electron chi connectivity index (χ1n) is 9.97. The molecule has 1 N–H and O–H groups in total. The number of halogens is 6. The molecular weight excluding hydrogens is 458 g/mol. The van der Waals surface area contributed by atoms with Crippen LogP contribution < -0.4 is 10.2 Å². The van der Waals surface area contributed by atoms with Crippen LogP contribution >= 0.6 is 0 Å². The van der Waals surface area contributed by atoms with Gasteiger partial charge in [-0.1, -0.05) is 0 Å². The molecule has 0 saturated carbocycles. The zero-order valence-electron chi connectivity index (χ0n) is 17.3. The van der Waals surface area contributed by atoms with Crippen LogP contribution in [0, 0.1) is 11.3 Å². The summed E-state index contributed by atoms with van der Waals surface area (Å²) in [5.41, 5.74) is -2.58. The van der Waals surface area contributed by atoms with Crippen molar-refractivity contribution in [3.05, 3.63) is 29.3 Å². The van der Waals surface area contributed by atoms with Gasteiger partial charge in [0, 0.05) is 31.7 Å². The van der Waals surface area contributed by atoms with Crippen LogP contribution in [0.2, 0.25) is 0 Å². The fourth-order valence-corrected chi connectivity index (χ4v) is 3.96. The van der Waals surface area contributed by atoms with Gasteiger partial charge in [0.25, 0.3) is 5.91 Å². The van der Waals surface area contributed by atoms with Gasteiger partial charge >= 0.3 is 12.4 Å². The number of amides is 2. The second kappa shape index (κ2) is 9.09. The van der Waals surface area contributed by atoms with Crippen molar-refractivity contribution in [2.45, 2.75) is 50.5 Å². The van der Waals surface area contributed by atoms with Crippen LogP contribution in [0.15, 0.2) is 18.2 Å². The SMILES string of the molecule is CC(=O)NC1CCN(C(=O)[C@@H]2CN(c3ccc(C#N)c(C(F)(F)F)c3)[C@@H](C(F)(F)F)O2)CC1. The van der Waals surface area contributed by atoms with Gasteiger partial charge in [-0.3, -0.25) is 9.59 Å². The first-order chi connectivity index (χ1) is 15.3. The van der Waals surface area contributed by atoms with Crippen LogP contribution in [0.25, 0.3) is 0 Å². The van der Waals surface area contributed by atoms with Crippen molar-refractivity contribution < 1.29 is 40.7 Å². The second-order valence-electron chi connectivity index (χ2n) is 7.81. The lowest BCUT2D eigenvalue weighted by Gasteiger charge is -2.33. The third-order valence-corrected chi connectivity index (χ3v) is 5.47. The van der Waals surface area contributed by atoms with Crippen molar-refractivity contribution in [3.8, 4) is 6.07 Å². The van der Waals surface area contributed by atoms with Gasteiger partial charge < -0.3 is 19.9 Å². The van der Waals surface area contributed by atoms with E-state index in [0.29, 0.717) is 23.8 Å². The van der Waals surface area contributed by atoms with E-state index in [1.807, 2.05) is 0 Å². The molecule has 2 atom stereocenters. The average Bonchev–Trinajstić information content (AvgIpc) is 3.18. The minimum atomic E-state index is -4.99. The summed E-state index contributed by atoms with van der Waals surface area (Å²) >= 11 is 0. The summed E-state index contributed by atoms with van der Waals surface area (Å²) in [6, 6.07) is 3.41. The Morgan fingerprint density at radius 1 is 1.15 bits per heavy atom. The molecule has 180 valence electrons. The molecule has 0 aliphatic carbocycles. The molecule has 2 amide bonds. The van der Waals surface area contributed by atoms with Crippen molar-refractivity contribution in [1.82, 2.24) is 10.2 Å². The fourth-order valence-electron chi connectivity index (χ4n) is 3.96. The fraction of sp³-hybridized carbons (Fsp3) is 0.550. The number of hydrogen-bond acceptors (Lipinski definition) is 5. The Hall–Kier alpha value is -3.01.